The van der Waals surface area contributed by atoms with Gasteiger partial charge in [-0.3, -0.25) is 0 Å². The summed E-state index contributed by atoms with van der Waals surface area (Å²) in [6, 6.07) is 46.5. The summed E-state index contributed by atoms with van der Waals surface area (Å²) in [5.41, 5.74) is 30.4. The molecule has 4 heterocycles. The van der Waals surface area contributed by atoms with Gasteiger partial charge in [-0.05, 0) is 217 Å². The van der Waals surface area contributed by atoms with E-state index in [9.17, 15) is 0 Å². The second-order valence-electron chi connectivity index (χ2n) is 27.0. The van der Waals surface area contributed by atoms with E-state index in [1.807, 2.05) is 0 Å². The number of rotatable bonds is 4. The minimum Gasteiger partial charge on any atom is -0.354 e. The molecular weight excluding hydrogens is 1040 g/mol. The minimum atomic E-state index is 0. The molecule has 82 heavy (non-hydrogen) atoms. The molecular formula is C76H80Cl2N4. The molecule has 8 atom stereocenters. The van der Waals surface area contributed by atoms with E-state index in [1.54, 1.807) is 22.3 Å². The largest absolute Gasteiger partial charge is 0.354 e. The van der Waals surface area contributed by atoms with E-state index in [4.69, 9.17) is 9.98 Å². The van der Waals surface area contributed by atoms with E-state index in [0.717, 1.165) is 51.4 Å². The van der Waals surface area contributed by atoms with Crippen LogP contribution in [0.4, 0.5) is 0 Å². The highest BCUT2D eigenvalue weighted by Gasteiger charge is 2.46. The first-order chi connectivity index (χ1) is 39.7. The van der Waals surface area contributed by atoms with Crippen molar-refractivity contribution in [2.75, 3.05) is 0 Å². The molecule has 9 aliphatic carbocycles. The quantitative estimate of drug-likeness (QED) is 0.177. The summed E-state index contributed by atoms with van der Waals surface area (Å²) in [6.07, 6.45) is 30.4. The van der Waals surface area contributed by atoms with Crippen LogP contribution in [0.2, 0.25) is 0 Å². The van der Waals surface area contributed by atoms with Gasteiger partial charge in [0.25, 0.3) is 0 Å². The summed E-state index contributed by atoms with van der Waals surface area (Å²) >= 11 is 0. The van der Waals surface area contributed by atoms with E-state index in [0.29, 0.717) is 47.3 Å². The Bertz CT molecular complexity index is 3830. The molecule has 0 amide bonds. The van der Waals surface area contributed by atoms with Crippen LogP contribution in [0, 0.1) is 47.3 Å². The van der Waals surface area contributed by atoms with Gasteiger partial charge in [-0.1, -0.05) is 173 Å². The highest BCUT2D eigenvalue weighted by Crippen LogP contribution is 2.56. The van der Waals surface area contributed by atoms with Gasteiger partial charge in [0.15, 0.2) is 0 Å². The Morgan fingerprint density at radius 3 is 0.988 bits per heavy atom. The Hall–Kier alpha value is -5.94. The molecule has 6 heteroatoms. The summed E-state index contributed by atoms with van der Waals surface area (Å²) in [4.78, 5) is 22.1. The molecule has 17 rings (SSSR count). The lowest BCUT2D eigenvalue weighted by molar-refractivity contribution is 0.220. The van der Waals surface area contributed by atoms with Crippen LogP contribution in [0.1, 0.15) is 184 Å². The molecule has 418 valence electrons. The number of nitrogens with zero attached hydrogens (tertiary/aromatic N) is 2. The maximum atomic E-state index is 6.44. The zero-order valence-electron chi connectivity index (χ0n) is 47.8. The third-order valence-corrected chi connectivity index (χ3v) is 22.9. The van der Waals surface area contributed by atoms with Crippen LogP contribution >= 0.6 is 24.8 Å². The number of allylic oxidation sites excluding steroid dienone is 5. The smallest absolute Gasteiger partial charge is 0.0773 e. The van der Waals surface area contributed by atoms with E-state index in [1.165, 1.54) is 214 Å². The molecule has 6 aromatic rings. The molecule has 2 aliphatic heterocycles. The molecule has 8 unspecified atom stereocenters. The number of halogens is 2. The molecule has 4 fully saturated rings. The number of aliphatic imine (C=N–C) groups is 2. The first kappa shape index (κ1) is 52.8. The zero-order valence-corrected chi connectivity index (χ0v) is 49.5. The lowest BCUT2D eigenvalue weighted by Gasteiger charge is -2.38. The standard InChI is InChI=1S/C76H78N4.2ClH/c1-5-21-45(22-6-1)65-69-57-37-49-29-13-15-31-51(49)39-59(57)71(77-69)66(46-23-7-2-8-24-46)73-61-41-53-33-17-19-35-55(53)43-63(61)75(79-73)68(48-27-11-4-12-28-48)76-64-44-56-36-20-18-34-54(56)42-62(64)74(80-76)67(47-25-9-3-10-26-47)72-60-40-52-32-16-14-30-50(52)38-58(60)70(65)78-72;;/h1-12,21-28,49-56,77-78H,13-20,29-44H2;2*1H. The van der Waals surface area contributed by atoms with Crippen molar-refractivity contribution in [2.24, 2.45) is 57.3 Å². The molecule has 4 saturated carbocycles. The maximum absolute atomic E-state index is 6.44. The van der Waals surface area contributed by atoms with Crippen molar-refractivity contribution in [3.8, 4) is 0 Å². The highest BCUT2D eigenvalue weighted by atomic mass is 35.5. The number of hydrogen-bond acceptors (Lipinski definition) is 2. The van der Waals surface area contributed by atoms with Gasteiger partial charge in [0.05, 0.1) is 44.9 Å². The van der Waals surface area contributed by atoms with E-state index < -0.39 is 0 Å². The van der Waals surface area contributed by atoms with E-state index in [-0.39, 0.29) is 24.8 Å². The van der Waals surface area contributed by atoms with Crippen molar-refractivity contribution < 1.29 is 0 Å². The van der Waals surface area contributed by atoms with Gasteiger partial charge >= 0.3 is 0 Å². The fourth-order valence-electron chi connectivity index (χ4n) is 19.1. The first-order valence-electron chi connectivity index (χ1n) is 32.2. The van der Waals surface area contributed by atoms with Crippen LogP contribution in [0.25, 0.3) is 22.3 Å². The molecule has 2 N–H and O–H groups in total. The van der Waals surface area contributed by atoms with Gasteiger partial charge < -0.3 is 9.97 Å². The van der Waals surface area contributed by atoms with Gasteiger partial charge in [0.2, 0.25) is 0 Å². The van der Waals surface area contributed by atoms with Crippen LogP contribution in [-0.2, 0) is 25.7 Å². The topological polar surface area (TPSA) is 56.3 Å². The first-order valence-corrected chi connectivity index (χ1v) is 32.2. The van der Waals surface area contributed by atoms with Gasteiger partial charge in [-0.2, -0.15) is 0 Å². The average molecular weight is 1120 g/mol. The Morgan fingerprint density at radius 2 is 0.573 bits per heavy atom. The van der Waals surface area contributed by atoms with E-state index >= 15 is 0 Å². The van der Waals surface area contributed by atoms with Gasteiger partial charge in [-0.25, -0.2) is 9.98 Å². The van der Waals surface area contributed by atoms with Gasteiger partial charge in [-0.15, -0.1) is 24.8 Å². The summed E-state index contributed by atoms with van der Waals surface area (Å²) in [5, 5.41) is 2.69. The number of H-pyrrole nitrogens is 2. The number of fused-ring (bicyclic) bond motifs is 4. The maximum Gasteiger partial charge on any atom is 0.0773 e. The fraction of sp³-hybridized carbons (Fsp3) is 0.421. The predicted octanol–water partition coefficient (Wildman–Crippen LogP) is 17.3. The van der Waals surface area contributed by atoms with Crippen molar-refractivity contribution in [3.05, 3.63) is 222 Å². The zero-order chi connectivity index (χ0) is 52.4. The van der Waals surface area contributed by atoms with Crippen LogP contribution in [0.5, 0.6) is 0 Å². The highest BCUT2D eigenvalue weighted by molar-refractivity contribution is 6.38. The van der Waals surface area contributed by atoms with Crippen LogP contribution in [0.3, 0.4) is 0 Å². The van der Waals surface area contributed by atoms with Crippen molar-refractivity contribution >= 4 is 58.5 Å². The molecule has 11 aliphatic rings. The molecule has 0 spiro atoms. The Morgan fingerprint density at radius 1 is 0.280 bits per heavy atom. The van der Waals surface area contributed by atoms with Crippen molar-refractivity contribution in [1.82, 2.24) is 9.97 Å². The van der Waals surface area contributed by atoms with Crippen LogP contribution < -0.4 is 10.7 Å². The second-order valence-corrected chi connectivity index (χ2v) is 27.0. The SMILES string of the molecule is Cl.Cl.c1ccc(C2=C3N=C(C4=C3CC3CCCCC3C4)C(c3ccccc3)=c3[nH]c(c4c3CC3CCCCC3C4)=C(c3ccccc3)c3[nH]c(c4c3CC3CCCCC3C4)C(c3ccccc3)=C3N=C2C2=C3CC3CCCCC3C2)cc1. The number of hydrogen-bond donors (Lipinski definition) is 2. The summed E-state index contributed by atoms with van der Waals surface area (Å²) in [5.74, 6) is 5.55. The number of benzene rings is 4. The number of aromatic nitrogens is 2. The lowest BCUT2D eigenvalue weighted by Crippen LogP contribution is -2.32. The van der Waals surface area contributed by atoms with Crippen molar-refractivity contribution in [3.63, 3.8) is 0 Å². The van der Waals surface area contributed by atoms with Crippen LogP contribution in [0.15, 0.2) is 165 Å². The number of nitrogens with one attached hydrogen (secondary N) is 2. The average Bonchev–Trinajstić information content (AvgIpc) is 2.64. The van der Waals surface area contributed by atoms with Gasteiger partial charge in [0.1, 0.15) is 0 Å². The third kappa shape index (κ3) is 8.63. The second kappa shape index (κ2) is 21.6. The Balaban J connectivity index is 0.00000288. The van der Waals surface area contributed by atoms with Gasteiger partial charge in [0, 0.05) is 22.3 Å². The monoisotopic (exact) mass is 1120 g/mol. The normalized spacial score (nSPS) is 28.0. The van der Waals surface area contributed by atoms with Crippen molar-refractivity contribution in [2.45, 2.75) is 154 Å². The number of aromatic amines is 2. The lowest BCUT2D eigenvalue weighted by atomic mass is 9.66. The van der Waals surface area contributed by atoms with E-state index in [2.05, 4.69) is 131 Å². The molecule has 4 aromatic carbocycles. The molecule has 8 bridgehead atoms. The molecule has 0 saturated heterocycles. The Labute approximate surface area is 498 Å². The fourth-order valence-corrected chi connectivity index (χ4v) is 19.1. The molecule has 2 aromatic heterocycles. The molecule has 4 nitrogen and oxygen atoms in total. The van der Waals surface area contributed by atoms with Crippen LogP contribution in [-0.4, -0.2) is 21.4 Å². The minimum absolute atomic E-state index is 0. The van der Waals surface area contributed by atoms with Crippen molar-refractivity contribution in [1.29, 1.82) is 0 Å². The summed E-state index contributed by atoms with van der Waals surface area (Å²) < 4.78 is 0. The predicted molar refractivity (Wildman–Crippen MR) is 342 cm³/mol. The molecule has 0 radical (unpaired) electrons. The third-order valence-electron chi connectivity index (χ3n) is 22.9. The Kier molecular flexibility index (Phi) is 13.9. The summed E-state index contributed by atoms with van der Waals surface area (Å²) in [7, 11) is 0. The summed E-state index contributed by atoms with van der Waals surface area (Å²) in [6.45, 7) is 0.